The van der Waals surface area contributed by atoms with E-state index in [2.05, 4.69) is 0 Å². The van der Waals surface area contributed by atoms with Crippen molar-refractivity contribution in [3.05, 3.63) is 58.9 Å². The van der Waals surface area contributed by atoms with Gasteiger partial charge in [0, 0.05) is 23.7 Å². The lowest BCUT2D eigenvalue weighted by molar-refractivity contribution is -0.164. The van der Waals surface area contributed by atoms with Crippen LogP contribution in [0.2, 0.25) is 0 Å². The van der Waals surface area contributed by atoms with Gasteiger partial charge in [0.15, 0.2) is 17.9 Å². The Morgan fingerprint density at radius 1 is 1.00 bits per heavy atom. The highest BCUT2D eigenvalue weighted by atomic mass is 19.2. The maximum atomic E-state index is 14.7. The second-order valence-corrected chi connectivity index (χ2v) is 6.89. The second-order valence-electron chi connectivity index (χ2n) is 6.89. The van der Waals surface area contributed by atoms with Crippen LogP contribution in [0.4, 0.5) is 13.2 Å². The van der Waals surface area contributed by atoms with E-state index in [-0.39, 0.29) is 35.5 Å². The highest BCUT2D eigenvalue weighted by molar-refractivity contribution is 5.66. The minimum atomic E-state index is -1.01. The molecule has 2 atom stereocenters. The third-order valence-electron chi connectivity index (χ3n) is 5.00. The average Bonchev–Trinajstić information content (AvgIpc) is 2.66. The zero-order chi connectivity index (χ0) is 19.4. The third-order valence-corrected chi connectivity index (χ3v) is 5.00. The molecule has 1 heterocycles. The maximum absolute atomic E-state index is 14.7. The number of ether oxygens (including phenoxy) is 2. The minimum Gasteiger partial charge on any atom is -0.353 e. The summed E-state index contributed by atoms with van der Waals surface area (Å²) in [5.41, 5.74) is 1.14. The highest BCUT2D eigenvalue weighted by Gasteiger charge is 2.27. The Labute approximate surface area is 158 Å². The third kappa shape index (κ3) is 4.36. The molecule has 0 saturated carbocycles. The topological polar surface area (TPSA) is 18.5 Å². The lowest BCUT2D eigenvalue weighted by Crippen LogP contribution is -2.27. The average molecular weight is 378 g/mol. The van der Waals surface area contributed by atoms with E-state index in [1.807, 2.05) is 13.8 Å². The normalized spacial score (nSPS) is 20.0. The Morgan fingerprint density at radius 2 is 1.78 bits per heavy atom. The molecule has 2 aromatic carbocycles. The van der Waals surface area contributed by atoms with Crippen molar-refractivity contribution >= 4 is 0 Å². The summed E-state index contributed by atoms with van der Waals surface area (Å²) in [5, 5.41) is 0. The summed E-state index contributed by atoms with van der Waals surface area (Å²) in [4.78, 5) is 0. The molecule has 0 bridgehead atoms. The van der Waals surface area contributed by atoms with Crippen molar-refractivity contribution in [3.8, 4) is 11.1 Å². The van der Waals surface area contributed by atoms with Crippen molar-refractivity contribution in [1.82, 2.24) is 0 Å². The van der Waals surface area contributed by atoms with Crippen LogP contribution in [0.15, 0.2) is 30.3 Å². The molecule has 1 saturated heterocycles. The van der Waals surface area contributed by atoms with Crippen molar-refractivity contribution < 1.29 is 22.6 Å². The van der Waals surface area contributed by atoms with Crippen LogP contribution in [0, 0.1) is 17.5 Å². The molecule has 27 heavy (non-hydrogen) atoms. The summed E-state index contributed by atoms with van der Waals surface area (Å²) < 4.78 is 54.9. The summed E-state index contributed by atoms with van der Waals surface area (Å²) in [6, 6.07) is 7.68. The van der Waals surface area contributed by atoms with Crippen molar-refractivity contribution in [2.45, 2.75) is 51.7 Å². The lowest BCUT2D eigenvalue weighted by atomic mass is 9.90. The van der Waals surface area contributed by atoms with E-state index in [9.17, 15) is 13.2 Å². The van der Waals surface area contributed by atoms with Crippen LogP contribution in [0.3, 0.4) is 0 Å². The smallest absolute Gasteiger partial charge is 0.167 e. The van der Waals surface area contributed by atoms with Crippen LogP contribution in [0.5, 0.6) is 0 Å². The van der Waals surface area contributed by atoms with E-state index in [0.717, 1.165) is 18.4 Å². The molecule has 146 valence electrons. The fourth-order valence-corrected chi connectivity index (χ4v) is 3.60. The van der Waals surface area contributed by atoms with Crippen molar-refractivity contribution in [3.63, 3.8) is 0 Å². The molecule has 0 aliphatic carbocycles. The first-order valence-corrected chi connectivity index (χ1v) is 9.55. The van der Waals surface area contributed by atoms with Gasteiger partial charge in [0.05, 0.1) is 6.61 Å². The molecular weight excluding hydrogens is 353 g/mol. The Morgan fingerprint density at radius 3 is 2.41 bits per heavy atom. The molecule has 1 aliphatic rings. The van der Waals surface area contributed by atoms with Crippen LogP contribution in [0.25, 0.3) is 11.1 Å². The summed E-state index contributed by atoms with van der Waals surface area (Å²) in [5.74, 6) is -2.70. The predicted octanol–water partition coefficient (Wildman–Crippen LogP) is 5.98. The van der Waals surface area contributed by atoms with Crippen LogP contribution in [0.1, 0.15) is 50.2 Å². The van der Waals surface area contributed by atoms with Crippen molar-refractivity contribution in [1.29, 1.82) is 0 Å². The molecule has 2 unspecified atom stereocenters. The summed E-state index contributed by atoms with van der Waals surface area (Å²) in [6.07, 6.45) is 2.64. The van der Waals surface area contributed by atoms with Crippen LogP contribution >= 0.6 is 0 Å². The van der Waals surface area contributed by atoms with Gasteiger partial charge in [0.25, 0.3) is 0 Å². The first-order chi connectivity index (χ1) is 13.0. The van der Waals surface area contributed by atoms with Crippen molar-refractivity contribution in [2.24, 2.45) is 0 Å². The molecule has 3 rings (SSSR count). The number of halogens is 3. The molecular formula is C22H25F3O2. The Balaban J connectivity index is 1.84. The summed E-state index contributed by atoms with van der Waals surface area (Å²) in [6.45, 7) is 4.72. The molecule has 2 aromatic rings. The van der Waals surface area contributed by atoms with E-state index < -0.39 is 17.5 Å². The molecule has 1 fully saturated rings. The van der Waals surface area contributed by atoms with Crippen molar-refractivity contribution in [2.75, 3.05) is 13.2 Å². The molecule has 0 aromatic heterocycles. The van der Waals surface area contributed by atoms with Gasteiger partial charge in [0.1, 0.15) is 5.82 Å². The van der Waals surface area contributed by atoms with Crippen LogP contribution in [-0.2, 0) is 15.9 Å². The van der Waals surface area contributed by atoms with Gasteiger partial charge in [-0.2, -0.15) is 0 Å². The first kappa shape index (κ1) is 19.9. The zero-order valence-electron chi connectivity index (χ0n) is 15.7. The van der Waals surface area contributed by atoms with E-state index >= 15 is 0 Å². The largest absolute Gasteiger partial charge is 0.353 e. The molecule has 0 amide bonds. The van der Waals surface area contributed by atoms with Gasteiger partial charge in [-0.15, -0.1) is 0 Å². The fraction of sp³-hybridized carbons (Fsp3) is 0.455. The second kappa shape index (κ2) is 8.89. The highest BCUT2D eigenvalue weighted by Crippen LogP contribution is 2.35. The van der Waals surface area contributed by atoms with Gasteiger partial charge < -0.3 is 9.47 Å². The Bertz CT molecular complexity index is 783. The van der Waals surface area contributed by atoms with E-state index in [4.69, 9.17) is 9.47 Å². The van der Waals surface area contributed by atoms with Gasteiger partial charge in [-0.05, 0) is 43.4 Å². The van der Waals surface area contributed by atoms with Gasteiger partial charge in [-0.3, -0.25) is 0 Å². The number of hydrogen-bond acceptors (Lipinski definition) is 2. The van der Waals surface area contributed by atoms with Gasteiger partial charge >= 0.3 is 0 Å². The molecule has 1 aliphatic heterocycles. The fourth-order valence-electron chi connectivity index (χ4n) is 3.60. The van der Waals surface area contributed by atoms with Crippen LogP contribution < -0.4 is 0 Å². The monoisotopic (exact) mass is 378 g/mol. The first-order valence-electron chi connectivity index (χ1n) is 9.55. The molecule has 0 radical (unpaired) electrons. The summed E-state index contributed by atoms with van der Waals surface area (Å²) >= 11 is 0. The Kier molecular flexibility index (Phi) is 6.55. The maximum Gasteiger partial charge on any atom is 0.167 e. The lowest BCUT2D eigenvalue weighted by Gasteiger charge is -2.29. The molecule has 5 heteroatoms. The number of rotatable bonds is 6. The molecule has 0 N–H and O–H groups in total. The number of hydrogen-bond donors (Lipinski definition) is 0. The zero-order valence-corrected chi connectivity index (χ0v) is 15.7. The summed E-state index contributed by atoms with van der Waals surface area (Å²) in [7, 11) is 0. The predicted molar refractivity (Wildman–Crippen MR) is 99.1 cm³/mol. The quantitative estimate of drug-likeness (QED) is 0.616. The van der Waals surface area contributed by atoms with Gasteiger partial charge in [-0.1, -0.05) is 37.6 Å². The van der Waals surface area contributed by atoms with Crippen LogP contribution in [-0.4, -0.2) is 19.5 Å². The Hall–Kier alpha value is -1.85. The number of benzene rings is 2. The van der Waals surface area contributed by atoms with E-state index in [1.54, 1.807) is 12.1 Å². The molecule has 2 nitrogen and oxygen atoms in total. The SMILES string of the molecule is CCCc1ccc(-c2ccc(C3CCC(OCC)OC3)c(F)c2F)c(F)c1. The van der Waals surface area contributed by atoms with E-state index in [1.165, 1.54) is 18.2 Å². The minimum absolute atomic E-state index is 0.0549. The van der Waals surface area contributed by atoms with Gasteiger partial charge in [-0.25, -0.2) is 13.2 Å². The standard InChI is InChI=1S/C22H25F3O2/c1-3-5-14-6-8-17(19(23)12-14)18-10-9-16(21(24)22(18)25)15-7-11-20(26-4-2)27-13-15/h6,8-10,12,15,20H,3-5,7,11,13H2,1-2H3. The van der Waals surface area contributed by atoms with E-state index in [0.29, 0.717) is 19.4 Å². The molecule has 0 spiro atoms. The number of aryl methyl sites for hydroxylation is 1. The van der Waals surface area contributed by atoms with Gasteiger partial charge in [0.2, 0.25) is 0 Å².